The van der Waals surface area contributed by atoms with E-state index in [9.17, 15) is 18.0 Å². The fourth-order valence-corrected chi connectivity index (χ4v) is 1.75. The quantitative estimate of drug-likeness (QED) is 0.923. The zero-order valence-corrected chi connectivity index (χ0v) is 11.7. The number of nitrogens with one attached hydrogen (secondary N) is 1. The van der Waals surface area contributed by atoms with Gasteiger partial charge in [0.05, 0.1) is 11.9 Å². The van der Waals surface area contributed by atoms with Gasteiger partial charge in [0.15, 0.2) is 6.61 Å². The second-order valence-corrected chi connectivity index (χ2v) is 4.70. The van der Waals surface area contributed by atoms with Crippen LogP contribution in [0.3, 0.4) is 0 Å². The molecule has 2 rings (SSSR count). The lowest BCUT2D eigenvalue weighted by molar-refractivity contribution is -0.142. The Kier molecular flexibility index (Phi) is 4.69. The van der Waals surface area contributed by atoms with Crippen LogP contribution in [0.25, 0.3) is 0 Å². The molecule has 5 nitrogen and oxygen atoms in total. The standard InChI is InChI=1S/C14H14F3N3O2/c1-10-3-2-4-12(5-10)22-8-13(21)19-11-6-18-20(7-11)9-14(15,16)17/h2-7H,8-9H2,1H3,(H,19,21). The molecule has 0 radical (unpaired) electrons. The molecule has 0 bridgehead atoms. The highest BCUT2D eigenvalue weighted by atomic mass is 19.4. The summed E-state index contributed by atoms with van der Waals surface area (Å²) >= 11 is 0. The Hall–Kier alpha value is -2.51. The summed E-state index contributed by atoms with van der Waals surface area (Å²) in [5.41, 5.74) is 1.17. The number of hydrogen-bond donors (Lipinski definition) is 1. The van der Waals surface area contributed by atoms with Gasteiger partial charge in [0.1, 0.15) is 12.3 Å². The fourth-order valence-electron chi connectivity index (χ4n) is 1.75. The summed E-state index contributed by atoms with van der Waals surface area (Å²) in [5, 5.41) is 5.94. The second kappa shape index (κ2) is 6.50. The summed E-state index contributed by atoms with van der Waals surface area (Å²) < 4.78 is 42.6. The van der Waals surface area contributed by atoms with Crippen molar-refractivity contribution in [3.05, 3.63) is 42.2 Å². The Balaban J connectivity index is 1.84. The minimum absolute atomic E-state index is 0.182. The van der Waals surface area contributed by atoms with Crippen LogP contribution in [-0.2, 0) is 11.3 Å². The van der Waals surface area contributed by atoms with E-state index in [0.29, 0.717) is 10.4 Å². The Morgan fingerprint density at radius 3 is 2.86 bits per heavy atom. The Bertz CT molecular complexity index is 653. The number of rotatable bonds is 5. The minimum atomic E-state index is -4.36. The van der Waals surface area contributed by atoms with Gasteiger partial charge in [-0.1, -0.05) is 12.1 Å². The fraction of sp³-hybridized carbons (Fsp3) is 0.286. The van der Waals surface area contributed by atoms with Gasteiger partial charge in [0.2, 0.25) is 0 Å². The van der Waals surface area contributed by atoms with Crippen molar-refractivity contribution in [2.24, 2.45) is 0 Å². The number of carbonyl (C=O) groups is 1. The highest BCUT2D eigenvalue weighted by Crippen LogP contribution is 2.18. The molecule has 0 aliphatic heterocycles. The number of nitrogens with zero attached hydrogens (tertiary/aromatic N) is 2. The molecule has 1 heterocycles. The third-order valence-electron chi connectivity index (χ3n) is 2.62. The largest absolute Gasteiger partial charge is 0.484 e. The molecule has 0 aliphatic rings. The van der Waals surface area contributed by atoms with Crippen LogP contribution >= 0.6 is 0 Å². The number of anilines is 1. The first kappa shape index (κ1) is 15.9. The summed E-state index contributed by atoms with van der Waals surface area (Å²) in [6, 6.07) is 7.17. The Labute approximate surface area is 124 Å². The molecule has 1 N–H and O–H groups in total. The van der Waals surface area contributed by atoms with E-state index in [-0.39, 0.29) is 12.3 Å². The van der Waals surface area contributed by atoms with Gasteiger partial charge in [-0.05, 0) is 24.6 Å². The Morgan fingerprint density at radius 1 is 1.41 bits per heavy atom. The lowest BCUT2D eigenvalue weighted by Crippen LogP contribution is -2.20. The number of alkyl halides is 3. The molecule has 0 aliphatic carbocycles. The summed E-state index contributed by atoms with van der Waals surface area (Å²) in [5.74, 6) is 0.0657. The average molecular weight is 313 g/mol. The van der Waals surface area contributed by atoms with Gasteiger partial charge in [-0.25, -0.2) is 0 Å². The highest BCUT2D eigenvalue weighted by molar-refractivity contribution is 5.91. The van der Waals surface area contributed by atoms with Crippen LogP contribution in [0.2, 0.25) is 0 Å². The molecule has 0 spiro atoms. The van der Waals surface area contributed by atoms with Crippen molar-refractivity contribution in [1.82, 2.24) is 9.78 Å². The number of aryl methyl sites for hydroxylation is 1. The topological polar surface area (TPSA) is 56.1 Å². The number of amides is 1. The number of carbonyl (C=O) groups excluding carboxylic acids is 1. The first-order valence-corrected chi connectivity index (χ1v) is 6.40. The number of hydrogen-bond acceptors (Lipinski definition) is 3. The summed E-state index contributed by atoms with van der Waals surface area (Å²) in [6.45, 7) is 0.443. The molecule has 8 heteroatoms. The SMILES string of the molecule is Cc1cccc(OCC(=O)Nc2cnn(CC(F)(F)F)c2)c1. The third-order valence-corrected chi connectivity index (χ3v) is 2.62. The van der Waals surface area contributed by atoms with Gasteiger partial charge in [-0.3, -0.25) is 9.48 Å². The maximum atomic E-state index is 12.2. The van der Waals surface area contributed by atoms with Crippen LogP contribution in [0.5, 0.6) is 5.75 Å². The van der Waals surface area contributed by atoms with Crippen molar-refractivity contribution >= 4 is 11.6 Å². The molecule has 0 fully saturated rings. The van der Waals surface area contributed by atoms with Gasteiger partial charge in [-0.2, -0.15) is 18.3 Å². The molecular formula is C14H14F3N3O2. The minimum Gasteiger partial charge on any atom is -0.484 e. The van der Waals surface area contributed by atoms with Crippen LogP contribution in [0.1, 0.15) is 5.56 Å². The molecule has 0 saturated carbocycles. The molecule has 0 unspecified atom stereocenters. The molecule has 22 heavy (non-hydrogen) atoms. The number of benzene rings is 1. The third kappa shape index (κ3) is 5.12. The summed E-state index contributed by atoms with van der Waals surface area (Å²) in [6.07, 6.45) is -2.10. The molecule has 2 aromatic rings. The first-order valence-electron chi connectivity index (χ1n) is 6.40. The van der Waals surface area contributed by atoms with Crippen LogP contribution in [-0.4, -0.2) is 28.5 Å². The van der Waals surface area contributed by atoms with Crippen molar-refractivity contribution in [3.8, 4) is 5.75 Å². The van der Waals surface area contributed by atoms with Crippen LogP contribution < -0.4 is 10.1 Å². The van der Waals surface area contributed by atoms with E-state index in [0.717, 1.165) is 18.0 Å². The Morgan fingerprint density at radius 2 is 2.18 bits per heavy atom. The smallest absolute Gasteiger partial charge is 0.408 e. The van der Waals surface area contributed by atoms with Gasteiger partial charge in [0.25, 0.3) is 5.91 Å². The van der Waals surface area contributed by atoms with Crippen molar-refractivity contribution in [2.75, 3.05) is 11.9 Å². The number of ether oxygens (including phenoxy) is 1. The maximum Gasteiger partial charge on any atom is 0.408 e. The molecular weight excluding hydrogens is 299 g/mol. The van der Waals surface area contributed by atoms with Gasteiger partial charge < -0.3 is 10.1 Å². The maximum absolute atomic E-state index is 12.2. The van der Waals surface area contributed by atoms with Crippen molar-refractivity contribution in [3.63, 3.8) is 0 Å². The summed E-state index contributed by atoms with van der Waals surface area (Å²) in [7, 11) is 0. The molecule has 0 saturated heterocycles. The van der Waals surface area contributed by atoms with Crippen molar-refractivity contribution < 1.29 is 22.7 Å². The zero-order chi connectivity index (χ0) is 16.2. The van der Waals surface area contributed by atoms with E-state index in [4.69, 9.17) is 4.74 Å². The van der Waals surface area contributed by atoms with Gasteiger partial charge in [0, 0.05) is 6.20 Å². The molecule has 0 atom stereocenters. The van der Waals surface area contributed by atoms with Gasteiger partial charge in [-0.15, -0.1) is 0 Å². The van der Waals surface area contributed by atoms with E-state index in [1.807, 2.05) is 13.0 Å². The number of halogens is 3. The van der Waals surface area contributed by atoms with E-state index in [1.165, 1.54) is 0 Å². The lowest BCUT2D eigenvalue weighted by Gasteiger charge is -2.07. The second-order valence-electron chi connectivity index (χ2n) is 4.70. The predicted octanol–water partition coefficient (Wildman–Crippen LogP) is 2.77. The van der Waals surface area contributed by atoms with E-state index in [1.54, 1.807) is 18.2 Å². The van der Waals surface area contributed by atoms with E-state index >= 15 is 0 Å². The van der Waals surface area contributed by atoms with Crippen LogP contribution in [0.4, 0.5) is 18.9 Å². The van der Waals surface area contributed by atoms with Crippen LogP contribution in [0, 0.1) is 6.92 Å². The zero-order valence-electron chi connectivity index (χ0n) is 11.7. The normalized spacial score (nSPS) is 11.3. The highest BCUT2D eigenvalue weighted by Gasteiger charge is 2.28. The van der Waals surface area contributed by atoms with E-state index in [2.05, 4.69) is 10.4 Å². The molecule has 118 valence electrons. The van der Waals surface area contributed by atoms with Crippen molar-refractivity contribution in [1.29, 1.82) is 0 Å². The van der Waals surface area contributed by atoms with Crippen LogP contribution in [0.15, 0.2) is 36.7 Å². The average Bonchev–Trinajstić information content (AvgIpc) is 2.81. The summed E-state index contributed by atoms with van der Waals surface area (Å²) in [4.78, 5) is 11.7. The number of aromatic nitrogens is 2. The molecule has 1 aromatic heterocycles. The van der Waals surface area contributed by atoms with E-state index < -0.39 is 18.6 Å². The predicted molar refractivity (Wildman–Crippen MR) is 73.6 cm³/mol. The molecule has 1 amide bonds. The van der Waals surface area contributed by atoms with Crippen molar-refractivity contribution in [2.45, 2.75) is 19.6 Å². The monoisotopic (exact) mass is 313 g/mol. The first-order chi connectivity index (χ1) is 10.3. The molecule has 1 aromatic carbocycles. The lowest BCUT2D eigenvalue weighted by atomic mass is 10.2. The van der Waals surface area contributed by atoms with Gasteiger partial charge >= 0.3 is 6.18 Å².